The SMILES string of the molecule is O=C1C(CO)=C[C@H]2c3ccccc3[C@@H]1N2Cc1ccccc1. The van der Waals surface area contributed by atoms with Gasteiger partial charge in [0.25, 0.3) is 0 Å². The first kappa shape index (κ1) is 13.4. The molecule has 2 atom stereocenters. The molecule has 4 rings (SSSR count). The Bertz CT molecular complexity index is 751. The molecule has 2 aliphatic rings. The number of Topliss-reactive ketones (excluding diaryl/α,β-unsaturated/α-hetero) is 1. The van der Waals surface area contributed by atoms with Gasteiger partial charge in [-0.25, -0.2) is 0 Å². The summed E-state index contributed by atoms with van der Waals surface area (Å²) in [4.78, 5) is 14.9. The van der Waals surface area contributed by atoms with Gasteiger partial charge in [-0.3, -0.25) is 9.69 Å². The molecule has 2 aliphatic heterocycles. The fourth-order valence-electron chi connectivity index (χ4n) is 3.59. The number of ketones is 1. The number of nitrogens with zero attached hydrogens (tertiary/aromatic N) is 1. The number of carbonyl (C=O) groups is 1. The third-order valence-corrected chi connectivity index (χ3v) is 4.60. The summed E-state index contributed by atoms with van der Waals surface area (Å²) in [7, 11) is 0. The van der Waals surface area contributed by atoms with E-state index in [1.54, 1.807) is 0 Å². The Balaban J connectivity index is 1.78. The van der Waals surface area contributed by atoms with Gasteiger partial charge in [-0.1, -0.05) is 60.7 Å². The second kappa shape index (κ2) is 5.20. The van der Waals surface area contributed by atoms with E-state index in [-0.39, 0.29) is 24.5 Å². The quantitative estimate of drug-likeness (QED) is 0.945. The number of hydrogen-bond acceptors (Lipinski definition) is 3. The molecule has 0 spiro atoms. The summed E-state index contributed by atoms with van der Waals surface area (Å²) < 4.78 is 0. The maximum atomic E-state index is 12.7. The highest BCUT2D eigenvalue weighted by Gasteiger charge is 2.45. The van der Waals surface area contributed by atoms with E-state index in [4.69, 9.17) is 0 Å². The minimum atomic E-state index is -0.270. The van der Waals surface area contributed by atoms with Gasteiger partial charge in [0.2, 0.25) is 0 Å². The van der Waals surface area contributed by atoms with Crippen LogP contribution in [-0.4, -0.2) is 22.4 Å². The van der Waals surface area contributed by atoms with Crippen LogP contribution in [0.4, 0.5) is 0 Å². The summed E-state index contributed by atoms with van der Waals surface area (Å²) in [6, 6.07) is 18.1. The van der Waals surface area contributed by atoms with E-state index in [1.807, 2.05) is 42.5 Å². The molecule has 0 unspecified atom stereocenters. The molecule has 0 aliphatic carbocycles. The highest BCUT2D eigenvalue weighted by molar-refractivity contribution is 6.02. The molecule has 3 heteroatoms. The molecular weight excluding hydrogens is 274 g/mol. The van der Waals surface area contributed by atoms with Crippen LogP contribution in [0.5, 0.6) is 0 Å². The molecule has 0 amide bonds. The lowest BCUT2D eigenvalue weighted by Gasteiger charge is -2.33. The fourth-order valence-corrected chi connectivity index (χ4v) is 3.59. The predicted molar refractivity (Wildman–Crippen MR) is 84.1 cm³/mol. The van der Waals surface area contributed by atoms with Crippen LogP contribution < -0.4 is 0 Å². The third-order valence-electron chi connectivity index (χ3n) is 4.60. The van der Waals surface area contributed by atoms with E-state index in [1.165, 1.54) is 11.1 Å². The normalized spacial score (nSPS) is 23.3. The summed E-state index contributed by atoms with van der Waals surface area (Å²) in [5.74, 6) is 0.0274. The molecule has 110 valence electrons. The summed E-state index contributed by atoms with van der Waals surface area (Å²) in [6.07, 6.45) is 1.92. The van der Waals surface area contributed by atoms with E-state index in [9.17, 15) is 9.90 Å². The van der Waals surface area contributed by atoms with Crippen molar-refractivity contribution in [3.63, 3.8) is 0 Å². The van der Waals surface area contributed by atoms with Crippen molar-refractivity contribution in [2.24, 2.45) is 0 Å². The van der Waals surface area contributed by atoms with Crippen molar-refractivity contribution in [3.05, 3.63) is 82.9 Å². The van der Waals surface area contributed by atoms with Crippen molar-refractivity contribution >= 4 is 5.78 Å². The van der Waals surface area contributed by atoms with Crippen LogP contribution in [0.15, 0.2) is 66.2 Å². The Labute approximate surface area is 129 Å². The number of fused-ring (bicyclic) bond motifs is 5. The van der Waals surface area contributed by atoms with Crippen LogP contribution in [0.25, 0.3) is 0 Å². The lowest BCUT2D eigenvalue weighted by atomic mass is 9.97. The van der Waals surface area contributed by atoms with Crippen LogP contribution in [0.3, 0.4) is 0 Å². The standard InChI is InChI=1S/C19H17NO2/c21-12-14-10-17-15-8-4-5-9-16(15)18(19(14)22)20(17)11-13-6-2-1-3-7-13/h1-10,17-18,21H,11-12H2/t17-,18-/m0/s1. The predicted octanol–water partition coefficient (Wildman–Crippen LogP) is 2.79. The van der Waals surface area contributed by atoms with Gasteiger partial charge in [0.1, 0.15) is 6.04 Å². The highest BCUT2D eigenvalue weighted by atomic mass is 16.3. The summed E-state index contributed by atoms with van der Waals surface area (Å²) in [6.45, 7) is 0.546. The van der Waals surface area contributed by atoms with E-state index < -0.39 is 0 Å². The molecule has 0 radical (unpaired) electrons. The van der Waals surface area contributed by atoms with Gasteiger partial charge < -0.3 is 5.11 Å². The molecule has 0 saturated heterocycles. The maximum Gasteiger partial charge on any atom is 0.182 e. The van der Waals surface area contributed by atoms with Gasteiger partial charge in [0.15, 0.2) is 5.78 Å². The largest absolute Gasteiger partial charge is 0.392 e. The van der Waals surface area contributed by atoms with Crippen LogP contribution >= 0.6 is 0 Å². The first-order valence-corrected chi connectivity index (χ1v) is 7.54. The minimum Gasteiger partial charge on any atom is -0.392 e. The Kier molecular flexibility index (Phi) is 3.17. The first-order valence-electron chi connectivity index (χ1n) is 7.54. The molecule has 2 aromatic rings. The molecule has 0 aromatic heterocycles. The van der Waals surface area contributed by atoms with Gasteiger partial charge in [-0.15, -0.1) is 0 Å². The lowest BCUT2D eigenvalue weighted by molar-refractivity contribution is -0.122. The number of benzene rings is 2. The maximum absolute atomic E-state index is 12.7. The van der Waals surface area contributed by atoms with Gasteiger partial charge in [0.05, 0.1) is 12.6 Å². The summed E-state index contributed by atoms with van der Waals surface area (Å²) in [5, 5.41) is 9.47. The Morgan fingerprint density at radius 1 is 0.955 bits per heavy atom. The molecular formula is C19H17NO2. The van der Waals surface area contributed by atoms with Crippen LogP contribution in [0, 0.1) is 0 Å². The zero-order valence-electron chi connectivity index (χ0n) is 12.1. The Morgan fingerprint density at radius 2 is 1.64 bits per heavy atom. The van der Waals surface area contributed by atoms with Gasteiger partial charge >= 0.3 is 0 Å². The molecule has 2 aromatic carbocycles. The number of rotatable bonds is 3. The molecule has 22 heavy (non-hydrogen) atoms. The molecule has 0 saturated carbocycles. The number of aliphatic hydroxyl groups excluding tert-OH is 1. The van der Waals surface area contributed by atoms with Crippen molar-refractivity contribution in [1.29, 1.82) is 0 Å². The fraction of sp³-hybridized carbons (Fsp3) is 0.211. The average molecular weight is 291 g/mol. The van der Waals surface area contributed by atoms with Crippen molar-refractivity contribution in [3.8, 4) is 0 Å². The van der Waals surface area contributed by atoms with Gasteiger partial charge in [0, 0.05) is 12.1 Å². The average Bonchev–Trinajstić information content (AvgIpc) is 2.79. The molecule has 2 bridgehead atoms. The zero-order chi connectivity index (χ0) is 15.1. The highest BCUT2D eigenvalue weighted by Crippen LogP contribution is 2.48. The van der Waals surface area contributed by atoms with E-state index in [2.05, 4.69) is 23.1 Å². The van der Waals surface area contributed by atoms with E-state index in [0.717, 1.165) is 12.1 Å². The molecule has 3 nitrogen and oxygen atoms in total. The monoisotopic (exact) mass is 291 g/mol. The number of aliphatic hydroxyl groups is 1. The second-order valence-electron chi connectivity index (χ2n) is 5.85. The van der Waals surface area contributed by atoms with Crippen molar-refractivity contribution in [2.75, 3.05) is 6.61 Å². The van der Waals surface area contributed by atoms with Gasteiger partial charge in [-0.05, 0) is 16.7 Å². The van der Waals surface area contributed by atoms with Crippen molar-refractivity contribution in [2.45, 2.75) is 18.6 Å². The summed E-state index contributed by atoms with van der Waals surface area (Å²) >= 11 is 0. The number of carbonyl (C=O) groups excluding carboxylic acids is 1. The first-order chi connectivity index (χ1) is 10.8. The second-order valence-corrected chi connectivity index (χ2v) is 5.85. The number of hydrogen-bond donors (Lipinski definition) is 1. The molecule has 0 fully saturated rings. The van der Waals surface area contributed by atoms with Crippen molar-refractivity contribution in [1.82, 2.24) is 4.90 Å². The molecule has 2 heterocycles. The van der Waals surface area contributed by atoms with Crippen LogP contribution in [0.1, 0.15) is 28.8 Å². The van der Waals surface area contributed by atoms with Crippen LogP contribution in [-0.2, 0) is 11.3 Å². The van der Waals surface area contributed by atoms with Crippen molar-refractivity contribution < 1.29 is 9.90 Å². The van der Waals surface area contributed by atoms with E-state index in [0.29, 0.717) is 5.57 Å². The van der Waals surface area contributed by atoms with Crippen LogP contribution in [0.2, 0.25) is 0 Å². The zero-order valence-corrected chi connectivity index (χ0v) is 12.1. The minimum absolute atomic E-state index is 0.0274. The Hall–Kier alpha value is -2.23. The molecule has 1 N–H and O–H groups in total. The third kappa shape index (κ3) is 1.94. The smallest absolute Gasteiger partial charge is 0.182 e. The lowest BCUT2D eigenvalue weighted by Crippen LogP contribution is -2.35. The van der Waals surface area contributed by atoms with Gasteiger partial charge in [-0.2, -0.15) is 0 Å². The topological polar surface area (TPSA) is 40.5 Å². The van der Waals surface area contributed by atoms with E-state index >= 15 is 0 Å². The Morgan fingerprint density at radius 3 is 2.36 bits per heavy atom. The summed E-state index contributed by atoms with van der Waals surface area (Å²) in [5.41, 5.74) is 3.99.